The van der Waals surface area contributed by atoms with Gasteiger partial charge in [0.15, 0.2) is 0 Å². The van der Waals surface area contributed by atoms with Crippen molar-refractivity contribution in [2.75, 3.05) is 13.1 Å². The van der Waals surface area contributed by atoms with Crippen LogP contribution in [-0.2, 0) is 17.8 Å². The van der Waals surface area contributed by atoms with Crippen LogP contribution in [0.5, 0.6) is 0 Å². The molecule has 4 heteroatoms. The minimum Gasteiger partial charge on any atom is -0.481 e. The van der Waals surface area contributed by atoms with Crippen molar-refractivity contribution in [1.29, 1.82) is 0 Å². The van der Waals surface area contributed by atoms with Gasteiger partial charge in [-0.15, -0.1) is 0 Å². The highest BCUT2D eigenvalue weighted by Crippen LogP contribution is 2.19. The van der Waals surface area contributed by atoms with E-state index >= 15 is 0 Å². The molecular formula is C12H14FNO2. The first-order valence-electron chi connectivity index (χ1n) is 5.36. The van der Waals surface area contributed by atoms with Crippen LogP contribution in [0.1, 0.15) is 17.5 Å². The average molecular weight is 223 g/mol. The van der Waals surface area contributed by atoms with Gasteiger partial charge in [-0.2, -0.15) is 0 Å². The van der Waals surface area contributed by atoms with E-state index in [0.717, 1.165) is 18.5 Å². The molecule has 0 bridgehead atoms. The standard InChI is InChI=1S/C12H14FNO2/c13-11-2-1-9-3-5-14(6-4-12(15)16)8-10(9)7-11/h1-2,7H,3-6,8H2,(H,15,16). The average Bonchev–Trinajstić information content (AvgIpc) is 2.25. The van der Waals surface area contributed by atoms with Crippen LogP contribution in [0.2, 0.25) is 0 Å². The zero-order valence-corrected chi connectivity index (χ0v) is 8.95. The second kappa shape index (κ2) is 4.61. The molecule has 0 atom stereocenters. The van der Waals surface area contributed by atoms with Crippen molar-refractivity contribution in [1.82, 2.24) is 4.90 Å². The molecule has 0 aromatic heterocycles. The number of aliphatic carboxylic acids is 1. The van der Waals surface area contributed by atoms with Crippen molar-refractivity contribution in [3.63, 3.8) is 0 Å². The van der Waals surface area contributed by atoms with Gasteiger partial charge in [-0.25, -0.2) is 4.39 Å². The molecule has 0 radical (unpaired) electrons. The van der Waals surface area contributed by atoms with Crippen LogP contribution in [0.4, 0.5) is 4.39 Å². The van der Waals surface area contributed by atoms with Gasteiger partial charge in [-0.3, -0.25) is 9.69 Å². The summed E-state index contributed by atoms with van der Waals surface area (Å²) in [5.41, 5.74) is 2.16. The van der Waals surface area contributed by atoms with Gasteiger partial charge < -0.3 is 5.11 Å². The molecule has 2 rings (SSSR count). The Morgan fingerprint density at radius 3 is 3.00 bits per heavy atom. The molecule has 0 saturated carbocycles. The zero-order chi connectivity index (χ0) is 11.5. The molecule has 1 aliphatic rings. The normalized spacial score (nSPS) is 15.8. The van der Waals surface area contributed by atoms with Crippen molar-refractivity contribution in [2.24, 2.45) is 0 Å². The highest BCUT2D eigenvalue weighted by Gasteiger charge is 2.16. The lowest BCUT2D eigenvalue weighted by atomic mass is 9.99. The molecule has 3 nitrogen and oxygen atoms in total. The van der Waals surface area contributed by atoms with E-state index in [1.807, 2.05) is 6.07 Å². The molecule has 86 valence electrons. The number of carboxylic acids is 1. The molecule has 16 heavy (non-hydrogen) atoms. The SMILES string of the molecule is O=C(O)CCN1CCc2ccc(F)cc2C1. The predicted molar refractivity (Wildman–Crippen MR) is 57.6 cm³/mol. The monoisotopic (exact) mass is 223 g/mol. The Bertz CT molecular complexity index is 406. The second-order valence-electron chi connectivity index (χ2n) is 4.08. The molecule has 1 heterocycles. The van der Waals surface area contributed by atoms with E-state index in [0.29, 0.717) is 13.1 Å². The Hall–Kier alpha value is -1.42. The highest BCUT2D eigenvalue weighted by atomic mass is 19.1. The van der Waals surface area contributed by atoms with Gasteiger partial charge in [0.25, 0.3) is 0 Å². The largest absolute Gasteiger partial charge is 0.481 e. The number of nitrogens with zero attached hydrogens (tertiary/aromatic N) is 1. The van der Waals surface area contributed by atoms with E-state index in [-0.39, 0.29) is 12.2 Å². The number of hydrogen-bond acceptors (Lipinski definition) is 2. The molecule has 0 unspecified atom stereocenters. The van der Waals surface area contributed by atoms with Gasteiger partial charge in [-0.1, -0.05) is 6.07 Å². The summed E-state index contributed by atoms with van der Waals surface area (Å²) in [5.74, 6) is -1.01. The van der Waals surface area contributed by atoms with Gasteiger partial charge in [0, 0.05) is 19.6 Å². The number of halogens is 1. The fourth-order valence-electron chi connectivity index (χ4n) is 2.03. The van der Waals surface area contributed by atoms with Gasteiger partial charge in [-0.05, 0) is 29.7 Å². The lowest BCUT2D eigenvalue weighted by molar-refractivity contribution is -0.137. The number of carbonyl (C=O) groups is 1. The van der Waals surface area contributed by atoms with E-state index < -0.39 is 5.97 Å². The van der Waals surface area contributed by atoms with E-state index in [9.17, 15) is 9.18 Å². The maximum atomic E-state index is 13.0. The van der Waals surface area contributed by atoms with Crippen molar-refractivity contribution in [2.45, 2.75) is 19.4 Å². The summed E-state index contributed by atoms with van der Waals surface area (Å²) in [4.78, 5) is 12.5. The van der Waals surface area contributed by atoms with Crippen LogP contribution in [-0.4, -0.2) is 29.1 Å². The Labute approximate surface area is 93.5 Å². The molecule has 1 aliphatic heterocycles. The van der Waals surface area contributed by atoms with Crippen LogP contribution < -0.4 is 0 Å². The summed E-state index contributed by atoms with van der Waals surface area (Å²) >= 11 is 0. The summed E-state index contributed by atoms with van der Waals surface area (Å²) in [7, 11) is 0. The summed E-state index contributed by atoms with van der Waals surface area (Å²) in [5, 5.41) is 8.60. The van der Waals surface area contributed by atoms with Gasteiger partial charge >= 0.3 is 5.97 Å². The third-order valence-corrected chi connectivity index (χ3v) is 2.90. The lowest BCUT2D eigenvalue weighted by Crippen LogP contribution is -2.32. The molecule has 0 spiro atoms. The molecular weight excluding hydrogens is 209 g/mol. The van der Waals surface area contributed by atoms with Crippen LogP contribution >= 0.6 is 0 Å². The molecule has 0 amide bonds. The third kappa shape index (κ3) is 2.58. The molecule has 1 aromatic carbocycles. The molecule has 0 fully saturated rings. The summed E-state index contributed by atoms with van der Waals surface area (Å²) in [6.07, 6.45) is 1.01. The first-order chi connectivity index (χ1) is 7.65. The smallest absolute Gasteiger partial charge is 0.304 e. The van der Waals surface area contributed by atoms with Crippen molar-refractivity contribution < 1.29 is 14.3 Å². The number of rotatable bonds is 3. The third-order valence-electron chi connectivity index (χ3n) is 2.90. The molecule has 1 N–H and O–H groups in total. The van der Waals surface area contributed by atoms with Crippen molar-refractivity contribution >= 4 is 5.97 Å². The van der Waals surface area contributed by atoms with Crippen molar-refractivity contribution in [3.8, 4) is 0 Å². The zero-order valence-electron chi connectivity index (χ0n) is 8.95. The first kappa shape index (κ1) is 11.1. The van der Waals surface area contributed by atoms with E-state index in [4.69, 9.17) is 5.11 Å². The lowest BCUT2D eigenvalue weighted by Gasteiger charge is -2.28. The molecule has 0 saturated heterocycles. The van der Waals surface area contributed by atoms with Gasteiger partial charge in [0.2, 0.25) is 0 Å². The predicted octanol–water partition coefficient (Wildman–Crippen LogP) is 1.66. The Morgan fingerprint density at radius 1 is 1.44 bits per heavy atom. The molecule has 0 aliphatic carbocycles. The quantitative estimate of drug-likeness (QED) is 0.847. The van der Waals surface area contributed by atoms with Gasteiger partial charge in [0.1, 0.15) is 5.82 Å². The topological polar surface area (TPSA) is 40.5 Å². The summed E-state index contributed by atoms with van der Waals surface area (Å²) < 4.78 is 13.0. The minimum absolute atomic E-state index is 0.144. The maximum absolute atomic E-state index is 13.0. The van der Waals surface area contributed by atoms with Crippen LogP contribution in [0.25, 0.3) is 0 Å². The van der Waals surface area contributed by atoms with Gasteiger partial charge in [0.05, 0.1) is 6.42 Å². The summed E-state index contributed by atoms with van der Waals surface area (Å²) in [6.45, 7) is 2.04. The van der Waals surface area contributed by atoms with E-state index in [2.05, 4.69) is 4.90 Å². The number of benzene rings is 1. The summed E-state index contributed by atoms with van der Waals surface area (Å²) in [6, 6.07) is 4.84. The maximum Gasteiger partial charge on any atom is 0.304 e. The fourth-order valence-corrected chi connectivity index (χ4v) is 2.03. The second-order valence-corrected chi connectivity index (χ2v) is 4.08. The van der Waals surface area contributed by atoms with E-state index in [1.54, 1.807) is 6.07 Å². The molecule has 1 aromatic rings. The van der Waals surface area contributed by atoms with Crippen molar-refractivity contribution in [3.05, 3.63) is 35.1 Å². The Morgan fingerprint density at radius 2 is 2.25 bits per heavy atom. The highest BCUT2D eigenvalue weighted by molar-refractivity contribution is 5.66. The first-order valence-corrected chi connectivity index (χ1v) is 5.36. The Kier molecular flexibility index (Phi) is 3.19. The number of carboxylic acid groups (broad SMARTS) is 1. The number of hydrogen-bond donors (Lipinski definition) is 1. The fraction of sp³-hybridized carbons (Fsp3) is 0.417. The minimum atomic E-state index is -0.787. The van der Waals surface area contributed by atoms with Crippen LogP contribution in [0.3, 0.4) is 0 Å². The van der Waals surface area contributed by atoms with Crippen LogP contribution in [0.15, 0.2) is 18.2 Å². The Balaban J connectivity index is 2.02. The van der Waals surface area contributed by atoms with Crippen LogP contribution in [0, 0.1) is 5.82 Å². The van der Waals surface area contributed by atoms with E-state index in [1.165, 1.54) is 11.6 Å². The number of fused-ring (bicyclic) bond motifs is 1.